The fourth-order valence-corrected chi connectivity index (χ4v) is 2.23. The zero-order valence-electron chi connectivity index (χ0n) is 11.1. The predicted molar refractivity (Wildman–Crippen MR) is 69.8 cm³/mol. The molecule has 2 heterocycles. The smallest absolute Gasteiger partial charge is 0.227 e. The van der Waals surface area contributed by atoms with Crippen LogP contribution in [0.4, 0.5) is 5.82 Å². The summed E-state index contributed by atoms with van der Waals surface area (Å²) in [6.07, 6.45) is 0.885. The van der Waals surface area contributed by atoms with E-state index in [2.05, 4.69) is 9.88 Å². The quantitative estimate of drug-likeness (QED) is 0.802. The first-order valence-corrected chi connectivity index (χ1v) is 6.09. The number of carbonyl (C=O) groups excluding carboxylic acids is 1. The van der Waals surface area contributed by atoms with Gasteiger partial charge >= 0.3 is 0 Å². The van der Waals surface area contributed by atoms with Crippen molar-refractivity contribution in [1.29, 1.82) is 0 Å². The summed E-state index contributed by atoms with van der Waals surface area (Å²) in [5.41, 5.74) is 0. The Kier molecular flexibility index (Phi) is 3.69. The van der Waals surface area contributed by atoms with Crippen LogP contribution in [0.2, 0.25) is 0 Å². The predicted octanol–water partition coefficient (Wildman–Crippen LogP) is 1.00. The molecule has 0 aliphatic carbocycles. The first-order valence-electron chi connectivity index (χ1n) is 6.09. The zero-order valence-corrected chi connectivity index (χ0v) is 11.1. The van der Waals surface area contributed by atoms with E-state index < -0.39 is 0 Å². The van der Waals surface area contributed by atoms with Crippen molar-refractivity contribution in [2.24, 2.45) is 5.92 Å². The monoisotopic (exact) mass is 249 g/mol. The molecule has 1 unspecified atom stereocenters. The van der Waals surface area contributed by atoms with E-state index in [1.807, 2.05) is 18.2 Å². The van der Waals surface area contributed by atoms with E-state index >= 15 is 0 Å². The van der Waals surface area contributed by atoms with Crippen molar-refractivity contribution in [3.8, 4) is 5.88 Å². The molecular weight excluding hydrogens is 230 g/mol. The minimum absolute atomic E-state index is 0.0769. The Labute approximate surface area is 107 Å². The fraction of sp³-hybridized carbons (Fsp3) is 0.538. The van der Waals surface area contributed by atoms with Crippen molar-refractivity contribution < 1.29 is 9.53 Å². The number of ether oxygens (including phenoxy) is 1. The van der Waals surface area contributed by atoms with Gasteiger partial charge in [0.2, 0.25) is 11.8 Å². The summed E-state index contributed by atoms with van der Waals surface area (Å²) in [5.74, 6) is 1.76. The molecule has 0 bridgehead atoms. The molecule has 1 saturated heterocycles. The molecule has 0 N–H and O–H groups in total. The zero-order chi connectivity index (χ0) is 13.1. The van der Waals surface area contributed by atoms with Crippen LogP contribution in [0.5, 0.6) is 5.88 Å². The van der Waals surface area contributed by atoms with Gasteiger partial charge in [-0.2, -0.15) is 4.98 Å². The first kappa shape index (κ1) is 12.7. The van der Waals surface area contributed by atoms with Gasteiger partial charge in [0, 0.05) is 33.3 Å². The number of carbonyl (C=O) groups is 1. The van der Waals surface area contributed by atoms with Crippen LogP contribution < -0.4 is 9.64 Å². The maximum Gasteiger partial charge on any atom is 0.227 e. The Morgan fingerprint density at radius 2 is 2.28 bits per heavy atom. The Hall–Kier alpha value is -1.78. The Balaban J connectivity index is 2.06. The summed E-state index contributed by atoms with van der Waals surface area (Å²) in [4.78, 5) is 20.1. The summed E-state index contributed by atoms with van der Waals surface area (Å²) >= 11 is 0. The standard InChI is InChI=1S/C13H19N3O2/c1-15(2)13(17)10-7-8-16(9-10)11-5-4-6-12(14-11)18-3/h4-6,10H,7-9H2,1-3H3. The van der Waals surface area contributed by atoms with Crippen molar-refractivity contribution in [2.75, 3.05) is 39.2 Å². The third kappa shape index (κ3) is 2.55. The van der Waals surface area contributed by atoms with Gasteiger partial charge in [0.05, 0.1) is 13.0 Å². The molecule has 0 saturated carbocycles. The molecule has 1 aromatic rings. The van der Waals surface area contributed by atoms with Crippen LogP contribution in [0, 0.1) is 5.92 Å². The van der Waals surface area contributed by atoms with E-state index in [0.717, 1.165) is 25.3 Å². The van der Waals surface area contributed by atoms with Crippen molar-refractivity contribution in [2.45, 2.75) is 6.42 Å². The second kappa shape index (κ2) is 5.25. The second-order valence-electron chi connectivity index (χ2n) is 4.70. The summed E-state index contributed by atoms with van der Waals surface area (Å²) in [6, 6.07) is 5.69. The highest BCUT2D eigenvalue weighted by molar-refractivity contribution is 5.79. The van der Waals surface area contributed by atoms with Gasteiger partial charge in [-0.25, -0.2) is 0 Å². The molecular formula is C13H19N3O2. The maximum absolute atomic E-state index is 11.9. The molecule has 5 heteroatoms. The molecule has 1 fully saturated rings. The number of aromatic nitrogens is 1. The Bertz CT molecular complexity index is 434. The number of nitrogens with zero attached hydrogens (tertiary/aromatic N) is 3. The van der Waals surface area contributed by atoms with E-state index in [9.17, 15) is 4.79 Å². The number of hydrogen-bond acceptors (Lipinski definition) is 4. The molecule has 1 aromatic heterocycles. The molecule has 0 spiro atoms. The molecule has 0 radical (unpaired) electrons. The number of pyridine rings is 1. The lowest BCUT2D eigenvalue weighted by atomic mass is 10.1. The highest BCUT2D eigenvalue weighted by Crippen LogP contribution is 2.24. The van der Waals surface area contributed by atoms with Crippen molar-refractivity contribution in [1.82, 2.24) is 9.88 Å². The van der Waals surface area contributed by atoms with Crippen LogP contribution in [-0.4, -0.2) is 50.1 Å². The van der Waals surface area contributed by atoms with Crippen molar-refractivity contribution in [3.63, 3.8) is 0 Å². The SMILES string of the molecule is COc1cccc(N2CCC(C(=O)N(C)C)C2)n1. The van der Waals surface area contributed by atoms with Crippen LogP contribution in [0.3, 0.4) is 0 Å². The van der Waals surface area contributed by atoms with Crippen LogP contribution in [0.15, 0.2) is 18.2 Å². The average molecular weight is 249 g/mol. The summed E-state index contributed by atoms with van der Waals surface area (Å²) in [6.45, 7) is 1.60. The largest absolute Gasteiger partial charge is 0.481 e. The third-order valence-corrected chi connectivity index (χ3v) is 3.22. The number of amides is 1. The van der Waals surface area contributed by atoms with E-state index in [-0.39, 0.29) is 11.8 Å². The van der Waals surface area contributed by atoms with Crippen molar-refractivity contribution >= 4 is 11.7 Å². The molecule has 98 valence electrons. The third-order valence-electron chi connectivity index (χ3n) is 3.22. The topological polar surface area (TPSA) is 45.7 Å². The van der Waals surface area contributed by atoms with E-state index in [4.69, 9.17) is 4.74 Å². The Morgan fingerprint density at radius 3 is 2.94 bits per heavy atom. The molecule has 1 atom stereocenters. The number of hydrogen-bond donors (Lipinski definition) is 0. The highest BCUT2D eigenvalue weighted by Gasteiger charge is 2.29. The highest BCUT2D eigenvalue weighted by atomic mass is 16.5. The lowest BCUT2D eigenvalue weighted by Gasteiger charge is -2.19. The molecule has 1 aliphatic heterocycles. The van der Waals surface area contributed by atoms with Crippen LogP contribution in [-0.2, 0) is 4.79 Å². The summed E-state index contributed by atoms with van der Waals surface area (Å²) in [5, 5.41) is 0. The van der Waals surface area contributed by atoms with Gasteiger partial charge in [-0.3, -0.25) is 4.79 Å². The molecule has 2 rings (SSSR count). The van der Waals surface area contributed by atoms with E-state index in [0.29, 0.717) is 5.88 Å². The average Bonchev–Trinajstić information content (AvgIpc) is 2.87. The molecule has 0 aromatic carbocycles. The second-order valence-corrected chi connectivity index (χ2v) is 4.70. The number of anilines is 1. The molecule has 1 aliphatic rings. The van der Waals surface area contributed by atoms with Gasteiger partial charge in [-0.15, -0.1) is 0 Å². The van der Waals surface area contributed by atoms with Gasteiger partial charge in [0.15, 0.2) is 0 Å². The van der Waals surface area contributed by atoms with Crippen LogP contribution in [0.25, 0.3) is 0 Å². The fourth-order valence-electron chi connectivity index (χ4n) is 2.23. The van der Waals surface area contributed by atoms with E-state index in [1.54, 1.807) is 26.1 Å². The number of rotatable bonds is 3. The van der Waals surface area contributed by atoms with Gasteiger partial charge in [0.1, 0.15) is 5.82 Å². The normalized spacial score (nSPS) is 18.8. The first-order chi connectivity index (χ1) is 8.61. The minimum atomic E-state index is 0.0769. The lowest BCUT2D eigenvalue weighted by molar-refractivity contribution is -0.132. The van der Waals surface area contributed by atoms with Gasteiger partial charge in [0.25, 0.3) is 0 Å². The number of methoxy groups -OCH3 is 1. The molecule has 18 heavy (non-hydrogen) atoms. The maximum atomic E-state index is 11.9. The van der Waals surface area contributed by atoms with Crippen LogP contribution >= 0.6 is 0 Å². The van der Waals surface area contributed by atoms with E-state index in [1.165, 1.54) is 0 Å². The summed E-state index contributed by atoms with van der Waals surface area (Å²) < 4.78 is 5.11. The Morgan fingerprint density at radius 1 is 1.50 bits per heavy atom. The van der Waals surface area contributed by atoms with Gasteiger partial charge in [-0.05, 0) is 12.5 Å². The van der Waals surface area contributed by atoms with Crippen LogP contribution in [0.1, 0.15) is 6.42 Å². The molecule has 5 nitrogen and oxygen atoms in total. The van der Waals surface area contributed by atoms with Gasteiger partial charge < -0.3 is 14.5 Å². The summed E-state index contributed by atoms with van der Waals surface area (Å²) in [7, 11) is 5.21. The van der Waals surface area contributed by atoms with Crippen molar-refractivity contribution in [3.05, 3.63) is 18.2 Å². The van der Waals surface area contributed by atoms with Gasteiger partial charge in [-0.1, -0.05) is 6.07 Å². The minimum Gasteiger partial charge on any atom is -0.481 e. The lowest BCUT2D eigenvalue weighted by Crippen LogP contribution is -2.32. The molecule has 1 amide bonds.